The van der Waals surface area contributed by atoms with Gasteiger partial charge in [0.2, 0.25) is 0 Å². The first-order valence-corrected chi connectivity index (χ1v) is 10.4. The summed E-state index contributed by atoms with van der Waals surface area (Å²) < 4.78 is 5.82. The smallest absolute Gasteiger partial charge is 0.119 e. The summed E-state index contributed by atoms with van der Waals surface area (Å²) in [6, 6.07) is 11.0. The molecular formula is C23H35NO. The summed E-state index contributed by atoms with van der Waals surface area (Å²) in [5, 5.41) is 8.52. The van der Waals surface area contributed by atoms with E-state index in [0.717, 1.165) is 43.5 Å². The maximum atomic E-state index is 8.52. The maximum absolute atomic E-state index is 8.52. The van der Waals surface area contributed by atoms with E-state index >= 15 is 0 Å². The van der Waals surface area contributed by atoms with Gasteiger partial charge in [0.15, 0.2) is 0 Å². The number of nitrogens with zero attached hydrogens (tertiary/aromatic N) is 1. The van der Waals surface area contributed by atoms with Crippen LogP contribution in [0, 0.1) is 17.2 Å². The summed E-state index contributed by atoms with van der Waals surface area (Å²) in [7, 11) is 0. The van der Waals surface area contributed by atoms with Gasteiger partial charge in [-0.05, 0) is 74.5 Å². The monoisotopic (exact) mass is 341 g/mol. The molecule has 1 saturated carbocycles. The molecule has 0 bridgehead atoms. The van der Waals surface area contributed by atoms with Crippen molar-refractivity contribution in [1.29, 1.82) is 5.26 Å². The molecule has 0 N–H and O–H groups in total. The Hall–Kier alpha value is -1.49. The molecule has 1 aromatic rings. The molecule has 1 fully saturated rings. The Morgan fingerprint density at radius 2 is 1.72 bits per heavy atom. The Morgan fingerprint density at radius 1 is 0.960 bits per heavy atom. The van der Waals surface area contributed by atoms with Gasteiger partial charge in [0.05, 0.1) is 12.7 Å². The van der Waals surface area contributed by atoms with E-state index < -0.39 is 0 Å². The van der Waals surface area contributed by atoms with Crippen LogP contribution in [-0.2, 0) is 0 Å². The van der Waals surface area contributed by atoms with Gasteiger partial charge in [0.25, 0.3) is 0 Å². The van der Waals surface area contributed by atoms with Crippen molar-refractivity contribution in [3.63, 3.8) is 0 Å². The first-order valence-electron chi connectivity index (χ1n) is 10.4. The standard InChI is InChI=1S/C23H35NO/c1-2-3-6-9-20-10-12-21(13-11-20)22-14-16-23(17-15-22)25-19-8-5-4-7-18-24/h14-17,20-21H,2-13,19H2,1H3. The van der Waals surface area contributed by atoms with E-state index in [4.69, 9.17) is 10.00 Å². The summed E-state index contributed by atoms with van der Waals surface area (Å²) >= 11 is 0. The highest BCUT2D eigenvalue weighted by Gasteiger charge is 2.21. The van der Waals surface area contributed by atoms with E-state index in [9.17, 15) is 0 Å². The summed E-state index contributed by atoms with van der Waals surface area (Å²) in [5.41, 5.74) is 1.49. The minimum Gasteiger partial charge on any atom is -0.494 e. The quantitative estimate of drug-likeness (QED) is 0.406. The second kappa shape index (κ2) is 12.0. The third-order valence-electron chi connectivity index (χ3n) is 5.62. The van der Waals surface area contributed by atoms with E-state index in [1.54, 1.807) is 0 Å². The van der Waals surface area contributed by atoms with E-state index in [2.05, 4.69) is 37.3 Å². The first kappa shape index (κ1) is 19.8. The van der Waals surface area contributed by atoms with Crippen molar-refractivity contribution in [3.8, 4) is 11.8 Å². The number of rotatable bonds is 11. The molecule has 0 saturated heterocycles. The highest BCUT2D eigenvalue weighted by atomic mass is 16.5. The molecule has 0 amide bonds. The molecule has 0 radical (unpaired) electrons. The van der Waals surface area contributed by atoms with Crippen LogP contribution in [0.1, 0.15) is 95.5 Å². The van der Waals surface area contributed by atoms with Crippen LogP contribution in [-0.4, -0.2) is 6.61 Å². The van der Waals surface area contributed by atoms with Crippen molar-refractivity contribution in [2.75, 3.05) is 6.61 Å². The van der Waals surface area contributed by atoms with E-state index in [-0.39, 0.29) is 0 Å². The largest absolute Gasteiger partial charge is 0.494 e. The second-order valence-corrected chi connectivity index (χ2v) is 7.60. The van der Waals surface area contributed by atoms with Crippen LogP contribution in [0.2, 0.25) is 0 Å². The summed E-state index contributed by atoms with van der Waals surface area (Å²) in [5.74, 6) is 2.71. The predicted octanol–water partition coefficient (Wildman–Crippen LogP) is 7.00. The molecule has 2 nitrogen and oxygen atoms in total. The number of hydrogen-bond donors (Lipinski definition) is 0. The maximum Gasteiger partial charge on any atom is 0.119 e. The van der Waals surface area contributed by atoms with Crippen LogP contribution >= 0.6 is 0 Å². The van der Waals surface area contributed by atoms with Crippen LogP contribution in [0.5, 0.6) is 5.75 Å². The highest BCUT2D eigenvalue weighted by molar-refractivity contribution is 5.29. The average Bonchev–Trinajstić information content (AvgIpc) is 2.66. The molecule has 2 rings (SSSR count). The van der Waals surface area contributed by atoms with Gasteiger partial charge >= 0.3 is 0 Å². The van der Waals surface area contributed by atoms with Gasteiger partial charge in [-0.25, -0.2) is 0 Å². The van der Waals surface area contributed by atoms with Gasteiger partial charge < -0.3 is 4.74 Å². The molecule has 0 unspecified atom stereocenters. The van der Waals surface area contributed by atoms with Gasteiger partial charge in [-0.2, -0.15) is 5.26 Å². The van der Waals surface area contributed by atoms with Gasteiger partial charge in [-0.1, -0.05) is 44.7 Å². The summed E-state index contributed by atoms with van der Waals surface area (Å²) in [6.07, 6.45) is 14.9. The summed E-state index contributed by atoms with van der Waals surface area (Å²) in [4.78, 5) is 0. The van der Waals surface area contributed by atoms with Crippen molar-refractivity contribution in [3.05, 3.63) is 29.8 Å². The molecule has 138 valence electrons. The van der Waals surface area contributed by atoms with Crippen LogP contribution in [0.15, 0.2) is 24.3 Å². The van der Waals surface area contributed by atoms with Crippen LogP contribution < -0.4 is 4.74 Å². The minimum atomic E-state index is 0.662. The van der Waals surface area contributed by atoms with Crippen molar-refractivity contribution in [2.45, 2.75) is 89.9 Å². The fourth-order valence-electron chi connectivity index (χ4n) is 3.98. The fraction of sp³-hybridized carbons (Fsp3) is 0.696. The summed E-state index contributed by atoms with van der Waals surface area (Å²) in [6.45, 7) is 3.05. The lowest BCUT2D eigenvalue weighted by molar-refractivity contribution is 0.300. The van der Waals surface area contributed by atoms with Crippen molar-refractivity contribution < 1.29 is 4.74 Å². The average molecular weight is 342 g/mol. The van der Waals surface area contributed by atoms with E-state index in [0.29, 0.717) is 6.42 Å². The Labute approximate surface area is 154 Å². The highest BCUT2D eigenvalue weighted by Crippen LogP contribution is 2.38. The van der Waals surface area contributed by atoms with Gasteiger partial charge in [0.1, 0.15) is 5.75 Å². The number of hydrogen-bond acceptors (Lipinski definition) is 2. The zero-order valence-electron chi connectivity index (χ0n) is 16.0. The lowest BCUT2D eigenvalue weighted by Gasteiger charge is -2.29. The topological polar surface area (TPSA) is 33.0 Å². The molecule has 0 aliphatic heterocycles. The third kappa shape index (κ3) is 7.51. The fourth-order valence-corrected chi connectivity index (χ4v) is 3.98. The first-order chi connectivity index (χ1) is 12.3. The zero-order valence-corrected chi connectivity index (χ0v) is 16.0. The number of ether oxygens (including phenoxy) is 1. The third-order valence-corrected chi connectivity index (χ3v) is 5.62. The van der Waals surface area contributed by atoms with Crippen LogP contribution in [0.3, 0.4) is 0 Å². The SMILES string of the molecule is CCCCCC1CCC(c2ccc(OCCCCCC#N)cc2)CC1. The van der Waals surface area contributed by atoms with Gasteiger partial charge in [0, 0.05) is 6.42 Å². The van der Waals surface area contributed by atoms with Gasteiger partial charge in [-0.3, -0.25) is 0 Å². The van der Waals surface area contributed by atoms with Crippen LogP contribution in [0.25, 0.3) is 0 Å². The number of nitriles is 1. The molecule has 1 aliphatic carbocycles. The van der Waals surface area contributed by atoms with Crippen molar-refractivity contribution in [2.24, 2.45) is 5.92 Å². The lowest BCUT2D eigenvalue weighted by Crippen LogP contribution is -2.13. The molecular weight excluding hydrogens is 306 g/mol. The number of unbranched alkanes of at least 4 members (excludes halogenated alkanes) is 5. The van der Waals surface area contributed by atoms with Gasteiger partial charge in [-0.15, -0.1) is 0 Å². The Balaban J connectivity index is 1.66. The van der Waals surface area contributed by atoms with E-state index in [1.165, 1.54) is 56.9 Å². The normalized spacial score (nSPS) is 20.2. The van der Waals surface area contributed by atoms with E-state index in [1.807, 2.05) is 0 Å². The number of benzene rings is 1. The Bertz CT molecular complexity index is 494. The minimum absolute atomic E-state index is 0.662. The molecule has 0 atom stereocenters. The van der Waals surface area contributed by atoms with Crippen molar-refractivity contribution in [1.82, 2.24) is 0 Å². The van der Waals surface area contributed by atoms with Crippen molar-refractivity contribution >= 4 is 0 Å². The molecule has 0 heterocycles. The molecule has 1 aliphatic rings. The zero-order chi connectivity index (χ0) is 17.7. The molecule has 25 heavy (non-hydrogen) atoms. The Kier molecular flexibility index (Phi) is 9.49. The molecule has 2 heteroatoms. The molecule has 0 spiro atoms. The Morgan fingerprint density at radius 3 is 2.40 bits per heavy atom. The van der Waals surface area contributed by atoms with Crippen LogP contribution in [0.4, 0.5) is 0 Å². The molecule has 0 aromatic heterocycles. The lowest BCUT2D eigenvalue weighted by atomic mass is 9.77. The predicted molar refractivity (Wildman–Crippen MR) is 105 cm³/mol. The molecule has 1 aromatic carbocycles. The second-order valence-electron chi connectivity index (χ2n) is 7.60.